The van der Waals surface area contributed by atoms with Crippen LogP contribution in [0, 0.1) is 0 Å². The summed E-state index contributed by atoms with van der Waals surface area (Å²) in [6.07, 6.45) is 0. The zero-order valence-electron chi connectivity index (χ0n) is 13.7. The minimum atomic E-state index is -0.350. The van der Waals surface area contributed by atoms with E-state index in [1.807, 2.05) is 0 Å². The Labute approximate surface area is 149 Å². The average Bonchev–Trinajstić information content (AvgIpc) is 2.62. The first-order valence-corrected chi connectivity index (χ1v) is 7.91. The van der Waals surface area contributed by atoms with Crippen molar-refractivity contribution in [3.8, 4) is 11.5 Å². The van der Waals surface area contributed by atoms with E-state index >= 15 is 0 Å². The number of nitrogen functional groups attached to an aromatic ring is 3. The molecule has 6 heteroatoms. The van der Waals surface area contributed by atoms with Crippen molar-refractivity contribution in [3.05, 3.63) is 76.9 Å². The zero-order chi connectivity index (χ0) is 18.4. The molecule has 0 atom stereocenters. The van der Waals surface area contributed by atoms with Crippen molar-refractivity contribution < 1.29 is 14.3 Å². The molecule has 0 heterocycles. The fourth-order valence-corrected chi connectivity index (χ4v) is 3.11. The van der Waals surface area contributed by atoms with Gasteiger partial charge in [-0.3, -0.25) is 9.59 Å². The molecule has 0 aliphatic heterocycles. The van der Waals surface area contributed by atoms with Crippen molar-refractivity contribution in [3.63, 3.8) is 0 Å². The van der Waals surface area contributed by atoms with Crippen molar-refractivity contribution >= 4 is 28.6 Å². The van der Waals surface area contributed by atoms with Gasteiger partial charge in [0.2, 0.25) is 0 Å². The standard InChI is InChI=1S/C20H15N3O3/c21-10-4-3-5-11(8-10)26-15-9-14(22)16-17(18(15)23)20(25)13-7-2-1-6-12(13)19(16)24/h1-9H,21-23H2. The van der Waals surface area contributed by atoms with Crippen molar-refractivity contribution in [1.29, 1.82) is 0 Å². The number of fused-ring (bicyclic) bond motifs is 2. The third-order valence-electron chi connectivity index (χ3n) is 4.32. The highest BCUT2D eigenvalue weighted by Crippen LogP contribution is 2.41. The molecule has 6 N–H and O–H groups in total. The second kappa shape index (κ2) is 5.63. The van der Waals surface area contributed by atoms with Gasteiger partial charge in [-0.05, 0) is 12.1 Å². The number of carbonyl (C=O) groups excluding carboxylic acids is 2. The molecule has 128 valence electrons. The highest BCUT2D eigenvalue weighted by Gasteiger charge is 2.34. The molecular formula is C20H15N3O3. The average molecular weight is 345 g/mol. The molecule has 0 unspecified atom stereocenters. The number of rotatable bonds is 2. The molecule has 0 fully saturated rings. The van der Waals surface area contributed by atoms with E-state index in [4.69, 9.17) is 21.9 Å². The Morgan fingerprint density at radius 2 is 1.38 bits per heavy atom. The quantitative estimate of drug-likeness (QED) is 0.480. The van der Waals surface area contributed by atoms with Crippen LogP contribution in [0.2, 0.25) is 0 Å². The van der Waals surface area contributed by atoms with Crippen LogP contribution in [-0.2, 0) is 0 Å². The van der Waals surface area contributed by atoms with Crippen LogP contribution in [0.4, 0.5) is 17.1 Å². The second-order valence-electron chi connectivity index (χ2n) is 6.01. The van der Waals surface area contributed by atoms with Crippen molar-refractivity contribution in [2.75, 3.05) is 17.2 Å². The lowest BCUT2D eigenvalue weighted by Gasteiger charge is -2.22. The summed E-state index contributed by atoms with van der Waals surface area (Å²) < 4.78 is 5.76. The second-order valence-corrected chi connectivity index (χ2v) is 6.01. The Hall–Kier alpha value is -3.80. The SMILES string of the molecule is Nc1cccc(Oc2cc(N)c3c(c2N)C(=O)c2ccccc2C3=O)c1. The third-order valence-corrected chi connectivity index (χ3v) is 4.32. The Bertz CT molecular complexity index is 1090. The summed E-state index contributed by atoms with van der Waals surface area (Å²) in [6.45, 7) is 0. The van der Waals surface area contributed by atoms with Gasteiger partial charge in [0.1, 0.15) is 5.75 Å². The van der Waals surface area contributed by atoms with Gasteiger partial charge < -0.3 is 21.9 Å². The summed E-state index contributed by atoms with van der Waals surface area (Å²) in [5, 5.41) is 0. The monoisotopic (exact) mass is 345 g/mol. The third kappa shape index (κ3) is 2.28. The number of ketones is 2. The maximum Gasteiger partial charge on any atom is 0.196 e. The topological polar surface area (TPSA) is 121 Å². The van der Waals surface area contributed by atoms with Crippen molar-refractivity contribution in [2.45, 2.75) is 0 Å². The normalized spacial score (nSPS) is 12.5. The first kappa shape index (κ1) is 15.7. The summed E-state index contributed by atoms with van der Waals surface area (Å²) >= 11 is 0. The van der Waals surface area contributed by atoms with E-state index in [9.17, 15) is 9.59 Å². The van der Waals surface area contributed by atoms with Crippen molar-refractivity contribution in [1.82, 2.24) is 0 Å². The smallest absolute Gasteiger partial charge is 0.196 e. The summed E-state index contributed by atoms with van der Waals surface area (Å²) in [4.78, 5) is 25.7. The molecule has 1 aliphatic carbocycles. The molecule has 6 nitrogen and oxygen atoms in total. The summed E-state index contributed by atoms with van der Waals surface area (Å²) in [7, 11) is 0. The highest BCUT2D eigenvalue weighted by atomic mass is 16.5. The van der Waals surface area contributed by atoms with Crippen LogP contribution in [0.1, 0.15) is 31.8 Å². The van der Waals surface area contributed by atoms with Gasteiger partial charge in [-0.25, -0.2) is 0 Å². The minimum absolute atomic E-state index is 0.0736. The number of anilines is 3. The lowest BCUT2D eigenvalue weighted by Crippen LogP contribution is -2.24. The predicted octanol–water partition coefficient (Wildman–Crippen LogP) is 3.00. The largest absolute Gasteiger partial charge is 0.455 e. The van der Waals surface area contributed by atoms with Gasteiger partial charge in [-0.2, -0.15) is 0 Å². The zero-order valence-corrected chi connectivity index (χ0v) is 13.7. The summed E-state index contributed by atoms with van der Waals surface area (Å²) in [6, 6.07) is 14.8. The first-order chi connectivity index (χ1) is 12.5. The predicted molar refractivity (Wildman–Crippen MR) is 99.5 cm³/mol. The highest BCUT2D eigenvalue weighted by molar-refractivity contribution is 6.32. The van der Waals surface area contributed by atoms with Crippen LogP contribution < -0.4 is 21.9 Å². The summed E-state index contributed by atoms with van der Waals surface area (Å²) in [5.74, 6) is -0.0225. The number of carbonyl (C=O) groups is 2. The van der Waals surface area contributed by atoms with Crippen LogP contribution in [0.3, 0.4) is 0 Å². The van der Waals surface area contributed by atoms with Gasteiger partial charge in [0.15, 0.2) is 17.3 Å². The molecule has 0 aromatic heterocycles. The Morgan fingerprint density at radius 1 is 0.731 bits per heavy atom. The Balaban J connectivity index is 1.88. The van der Waals surface area contributed by atoms with E-state index in [0.29, 0.717) is 22.6 Å². The number of ether oxygens (including phenoxy) is 1. The fourth-order valence-electron chi connectivity index (χ4n) is 3.11. The van der Waals surface area contributed by atoms with Gasteiger partial charge in [0.25, 0.3) is 0 Å². The van der Waals surface area contributed by atoms with Gasteiger partial charge in [-0.15, -0.1) is 0 Å². The molecule has 1 aliphatic rings. The number of hydrogen-bond donors (Lipinski definition) is 3. The first-order valence-electron chi connectivity index (χ1n) is 7.91. The Kier molecular flexibility index (Phi) is 3.40. The molecule has 4 rings (SSSR count). The molecule has 0 spiro atoms. The Morgan fingerprint density at radius 3 is 2.04 bits per heavy atom. The van der Waals surface area contributed by atoms with Crippen LogP contribution in [0.25, 0.3) is 0 Å². The van der Waals surface area contributed by atoms with E-state index in [2.05, 4.69) is 0 Å². The van der Waals surface area contributed by atoms with E-state index in [-0.39, 0.29) is 39.8 Å². The van der Waals surface area contributed by atoms with E-state index in [0.717, 1.165) is 0 Å². The number of benzene rings is 3. The van der Waals surface area contributed by atoms with Gasteiger partial charge in [0, 0.05) is 34.6 Å². The summed E-state index contributed by atoms with van der Waals surface area (Å²) in [5.41, 5.74) is 19.6. The van der Waals surface area contributed by atoms with Gasteiger partial charge >= 0.3 is 0 Å². The molecule has 0 amide bonds. The van der Waals surface area contributed by atoms with E-state index < -0.39 is 0 Å². The minimum Gasteiger partial charge on any atom is -0.455 e. The maximum absolute atomic E-state index is 12.9. The van der Waals surface area contributed by atoms with Crippen LogP contribution in [-0.4, -0.2) is 11.6 Å². The molecule has 0 saturated carbocycles. The number of hydrogen-bond acceptors (Lipinski definition) is 6. The molecule has 3 aromatic carbocycles. The van der Waals surface area contributed by atoms with Crippen molar-refractivity contribution in [2.24, 2.45) is 0 Å². The molecule has 0 radical (unpaired) electrons. The molecule has 0 bridgehead atoms. The molecular weight excluding hydrogens is 330 g/mol. The van der Waals surface area contributed by atoms with Gasteiger partial charge in [-0.1, -0.05) is 30.3 Å². The van der Waals surface area contributed by atoms with Crippen LogP contribution >= 0.6 is 0 Å². The maximum atomic E-state index is 12.9. The van der Waals surface area contributed by atoms with E-state index in [1.165, 1.54) is 6.07 Å². The molecule has 3 aromatic rings. The lowest BCUT2D eigenvalue weighted by molar-refractivity contribution is 0.0980. The number of nitrogens with two attached hydrogens (primary N) is 3. The molecule has 0 saturated heterocycles. The molecule has 26 heavy (non-hydrogen) atoms. The van der Waals surface area contributed by atoms with Crippen LogP contribution in [0.5, 0.6) is 11.5 Å². The van der Waals surface area contributed by atoms with Crippen LogP contribution in [0.15, 0.2) is 54.6 Å². The van der Waals surface area contributed by atoms with Gasteiger partial charge in [0.05, 0.1) is 16.8 Å². The lowest BCUT2D eigenvalue weighted by atomic mass is 9.82. The van der Waals surface area contributed by atoms with E-state index in [1.54, 1.807) is 48.5 Å². The fraction of sp³-hybridized carbons (Fsp3) is 0.